The van der Waals surface area contributed by atoms with Crippen molar-refractivity contribution in [2.75, 3.05) is 0 Å². The standard InChI is InChI=1S/C18H22ClNO/c1-12-9-17(12)18-8-7-16(21-18)11-20-13(2)10-14-3-5-15(19)6-4-14/h3-8,12-13,17,20H,9-11H2,1-2H3. The number of furan rings is 1. The van der Waals surface area contributed by atoms with E-state index in [2.05, 4.69) is 43.4 Å². The van der Waals surface area contributed by atoms with E-state index in [9.17, 15) is 0 Å². The van der Waals surface area contributed by atoms with Gasteiger partial charge in [0.25, 0.3) is 0 Å². The first-order chi connectivity index (χ1) is 10.1. The fourth-order valence-electron chi connectivity index (χ4n) is 2.73. The molecule has 3 atom stereocenters. The molecule has 112 valence electrons. The molecular weight excluding hydrogens is 282 g/mol. The lowest BCUT2D eigenvalue weighted by Crippen LogP contribution is -2.27. The van der Waals surface area contributed by atoms with E-state index < -0.39 is 0 Å². The Balaban J connectivity index is 1.48. The second-order valence-corrected chi connectivity index (χ2v) is 6.67. The Hall–Kier alpha value is -1.25. The summed E-state index contributed by atoms with van der Waals surface area (Å²) in [6.07, 6.45) is 2.26. The molecule has 0 radical (unpaired) electrons. The quantitative estimate of drug-likeness (QED) is 0.831. The molecule has 1 heterocycles. The SMILES string of the molecule is CC(Cc1ccc(Cl)cc1)NCc1ccc(C2CC2C)o1. The van der Waals surface area contributed by atoms with Gasteiger partial charge in [-0.3, -0.25) is 0 Å². The molecule has 1 aromatic carbocycles. The van der Waals surface area contributed by atoms with Crippen molar-refractivity contribution in [3.05, 3.63) is 58.5 Å². The average molecular weight is 304 g/mol. The van der Waals surface area contributed by atoms with Crippen LogP contribution in [0.3, 0.4) is 0 Å². The van der Waals surface area contributed by atoms with Gasteiger partial charge in [-0.1, -0.05) is 30.7 Å². The van der Waals surface area contributed by atoms with Crippen molar-refractivity contribution in [3.8, 4) is 0 Å². The third-order valence-corrected chi connectivity index (χ3v) is 4.49. The third kappa shape index (κ3) is 3.90. The molecule has 3 heteroatoms. The van der Waals surface area contributed by atoms with Gasteiger partial charge in [-0.05, 0) is 55.5 Å². The topological polar surface area (TPSA) is 25.2 Å². The van der Waals surface area contributed by atoms with Gasteiger partial charge in [0.15, 0.2) is 0 Å². The number of hydrogen-bond donors (Lipinski definition) is 1. The van der Waals surface area contributed by atoms with Crippen LogP contribution in [0.5, 0.6) is 0 Å². The molecule has 2 nitrogen and oxygen atoms in total. The lowest BCUT2D eigenvalue weighted by Gasteiger charge is -2.13. The summed E-state index contributed by atoms with van der Waals surface area (Å²) in [6, 6.07) is 12.7. The minimum absolute atomic E-state index is 0.402. The van der Waals surface area contributed by atoms with E-state index in [-0.39, 0.29) is 0 Å². The lowest BCUT2D eigenvalue weighted by atomic mass is 10.1. The molecule has 1 fully saturated rings. The Morgan fingerprint density at radius 3 is 2.62 bits per heavy atom. The molecular formula is C18H22ClNO. The summed E-state index contributed by atoms with van der Waals surface area (Å²) in [6.45, 7) is 5.26. The first-order valence-corrected chi connectivity index (χ1v) is 8.06. The lowest BCUT2D eigenvalue weighted by molar-refractivity contribution is 0.426. The van der Waals surface area contributed by atoms with Crippen LogP contribution < -0.4 is 5.32 Å². The first kappa shape index (κ1) is 14.7. The molecule has 1 aliphatic carbocycles. The smallest absolute Gasteiger partial charge is 0.117 e. The summed E-state index contributed by atoms with van der Waals surface area (Å²) in [5, 5.41) is 4.31. The van der Waals surface area contributed by atoms with Crippen LogP contribution in [0.4, 0.5) is 0 Å². The average Bonchev–Trinajstić information content (AvgIpc) is 3.01. The van der Waals surface area contributed by atoms with E-state index in [1.807, 2.05) is 12.1 Å². The first-order valence-electron chi connectivity index (χ1n) is 7.68. The number of hydrogen-bond acceptors (Lipinski definition) is 2. The summed E-state index contributed by atoms with van der Waals surface area (Å²) in [7, 11) is 0. The van der Waals surface area contributed by atoms with Crippen molar-refractivity contribution < 1.29 is 4.42 Å². The Morgan fingerprint density at radius 1 is 1.24 bits per heavy atom. The van der Waals surface area contributed by atoms with Gasteiger partial charge in [0, 0.05) is 17.0 Å². The van der Waals surface area contributed by atoms with Crippen molar-refractivity contribution in [1.29, 1.82) is 0 Å². The largest absolute Gasteiger partial charge is 0.464 e. The Morgan fingerprint density at radius 2 is 1.95 bits per heavy atom. The van der Waals surface area contributed by atoms with Gasteiger partial charge in [0.2, 0.25) is 0 Å². The zero-order valence-electron chi connectivity index (χ0n) is 12.6. The normalized spacial score (nSPS) is 22.2. The van der Waals surface area contributed by atoms with Crippen LogP contribution in [0.15, 0.2) is 40.8 Å². The summed E-state index contributed by atoms with van der Waals surface area (Å²) in [4.78, 5) is 0. The van der Waals surface area contributed by atoms with E-state index in [1.165, 1.54) is 12.0 Å². The maximum atomic E-state index is 5.91. The highest BCUT2D eigenvalue weighted by Crippen LogP contribution is 2.47. The van der Waals surface area contributed by atoms with Crippen LogP contribution in [0.2, 0.25) is 5.02 Å². The summed E-state index contributed by atoms with van der Waals surface area (Å²) < 4.78 is 5.91. The van der Waals surface area contributed by atoms with Crippen molar-refractivity contribution in [1.82, 2.24) is 5.32 Å². The fourth-order valence-corrected chi connectivity index (χ4v) is 2.85. The molecule has 1 N–H and O–H groups in total. The van der Waals surface area contributed by atoms with Gasteiger partial charge >= 0.3 is 0 Å². The van der Waals surface area contributed by atoms with Crippen molar-refractivity contribution in [2.45, 2.75) is 45.2 Å². The number of rotatable bonds is 6. The minimum Gasteiger partial charge on any atom is -0.464 e. The highest BCUT2D eigenvalue weighted by molar-refractivity contribution is 6.30. The minimum atomic E-state index is 0.402. The summed E-state index contributed by atoms with van der Waals surface area (Å²) in [5.74, 6) is 3.64. The second kappa shape index (κ2) is 6.25. The maximum Gasteiger partial charge on any atom is 0.117 e. The molecule has 0 bridgehead atoms. The molecule has 21 heavy (non-hydrogen) atoms. The van der Waals surface area contributed by atoms with Crippen LogP contribution in [0, 0.1) is 5.92 Å². The fraction of sp³-hybridized carbons (Fsp3) is 0.444. The van der Waals surface area contributed by atoms with E-state index >= 15 is 0 Å². The van der Waals surface area contributed by atoms with Crippen LogP contribution in [-0.4, -0.2) is 6.04 Å². The van der Waals surface area contributed by atoms with Gasteiger partial charge in [0.05, 0.1) is 6.54 Å². The molecule has 0 saturated heterocycles. The molecule has 0 spiro atoms. The molecule has 0 aliphatic heterocycles. The highest BCUT2D eigenvalue weighted by Gasteiger charge is 2.36. The summed E-state index contributed by atoms with van der Waals surface area (Å²) >= 11 is 5.90. The predicted octanol–water partition coefficient (Wildman–Crippen LogP) is 4.78. The monoisotopic (exact) mass is 303 g/mol. The molecule has 2 aromatic rings. The zero-order chi connectivity index (χ0) is 14.8. The van der Waals surface area contributed by atoms with Crippen LogP contribution in [0.25, 0.3) is 0 Å². The Kier molecular flexibility index (Phi) is 4.37. The van der Waals surface area contributed by atoms with E-state index in [1.54, 1.807) is 0 Å². The second-order valence-electron chi connectivity index (χ2n) is 6.24. The van der Waals surface area contributed by atoms with E-state index in [0.717, 1.165) is 35.4 Å². The van der Waals surface area contributed by atoms with Crippen LogP contribution in [-0.2, 0) is 13.0 Å². The van der Waals surface area contributed by atoms with Crippen molar-refractivity contribution >= 4 is 11.6 Å². The van der Waals surface area contributed by atoms with Gasteiger partial charge in [-0.15, -0.1) is 0 Å². The van der Waals surface area contributed by atoms with Gasteiger partial charge in [-0.25, -0.2) is 0 Å². The Bertz CT molecular complexity index is 590. The predicted molar refractivity (Wildman–Crippen MR) is 86.7 cm³/mol. The van der Waals surface area contributed by atoms with Gasteiger partial charge in [-0.2, -0.15) is 0 Å². The molecule has 1 aromatic heterocycles. The summed E-state index contributed by atoms with van der Waals surface area (Å²) in [5.41, 5.74) is 1.30. The third-order valence-electron chi connectivity index (χ3n) is 4.24. The van der Waals surface area contributed by atoms with E-state index in [0.29, 0.717) is 12.0 Å². The van der Waals surface area contributed by atoms with E-state index in [4.69, 9.17) is 16.0 Å². The zero-order valence-corrected chi connectivity index (χ0v) is 13.4. The number of benzene rings is 1. The maximum absolute atomic E-state index is 5.91. The van der Waals surface area contributed by atoms with Crippen LogP contribution in [0.1, 0.15) is 43.3 Å². The highest BCUT2D eigenvalue weighted by atomic mass is 35.5. The molecule has 3 rings (SSSR count). The van der Waals surface area contributed by atoms with Gasteiger partial charge < -0.3 is 9.73 Å². The van der Waals surface area contributed by atoms with Crippen molar-refractivity contribution in [3.63, 3.8) is 0 Å². The Labute approximate surface area is 131 Å². The number of nitrogens with one attached hydrogen (secondary N) is 1. The molecule has 3 unspecified atom stereocenters. The molecule has 1 aliphatic rings. The molecule has 0 amide bonds. The van der Waals surface area contributed by atoms with Gasteiger partial charge in [0.1, 0.15) is 11.5 Å². The van der Waals surface area contributed by atoms with Crippen molar-refractivity contribution in [2.24, 2.45) is 5.92 Å². The molecule has 1 saturated carbocycles. The number of halogens is 1. The van der Waals surface area contributed by atoms with Crippen LogP contribution >= 0.6 is 11.6 Å².